The number of aryl methyl sites for hydroxylation is 1. The number of fused-ring (bicyclic) bond motifs is 1. The number of phenolic OH excluding ortho intramolecular Hbond substituents is 1. The second-order valence-electron chi connectivity index (χ2n) is 4.93. The fourth-order valence-corrected chi connectivity index (χ4v) is 2.34. The molecule has 4 N–H and O–H groups in total. The molecular weight excluding hydrogens is 256 g/mol. The van der Waals surface area contributed by atoms with Gasteiger partial charge in [0.2, 0.25) is 0 Å². The number of carbonyl (C=O) groups excluding carboxylic acids is 1. The molecule has 0 atom stereocenters. The van der Waals surface area contributed by atoms with Gasteiger partial charge in [0.25, 0.3) is 5.91 Å². The van der Waals surface area contributed by atoms with E-state index in [2.05, 4.69) is 20.8 Å². The van der Waals surface area contributed by atoms with Crippen molar-refractivity contribution in [1.29, 1.82) is 0 Å². The first-order valence-electron chi connectivity index (χ1n) is 6.53. The molecule has 2 heterocycles. The lowest BCUT2D eigenvalue weighted by Gasteiger charge is -2.13. The summed E-state index contributed by atoms with van der Waals surface area (Å²) in [6.45, 7) is 3.42. The third-order valence-electron chi connectivity index (χ3n) is 3.42. The average molecular weight is 272 g/mol. The number of amides is 1. The van der Waals surface area contributed by atoms with Crippen molar-refractivity contribution in [2.24, 2.45) is 0 Å². The SMILES string of the molecule is Cc1ccc(O)c(NC(=O)c2n[nH]c3c2CNCC3)c1. The number of phenols is 1. The highest BCUT2D eigenvalue weighted by atomic mass is 16.3. The van der Waals surface area contributed by atoms with Gasteiger partial charge in [-0.05, 0) is 24.6 Å². The van der Waals surface area contributed by atoms with Crippen LogP contribution in [0.4, 0.5) is 5.69 Å². The molecule has 1 amide bonds. The van der Waals surface area contributed by atoms with Crippen LogP contribution in [0.15, 0.2) is 18.2 Å². The molecule has 1 aliphatic heterocycles. The van der Waals surface area contributed by atoms with E-state index in [-0.39, 0.29) is 11.7 Å². The van der Waals surface area contributed by atoms with Crippen LogP contribution in [0.5, 0.6) is 5.75 Å². The molecule has 1 aromatic carbocycles. The lowest BCUT2D eigenvalue weighted by Crippen LogP contribution is -2.25. The average Bonchev–Trinajstić information content (AvgIpc) is 2.87. The van der Waals surface area contributed by atoms with Crippen LogP contribution in [0.1, 0.15) is 27.3 Å². The minimum absolute atomic E-state index is 0.0477. The van der Waals surface area contributed by atoms with Gasteiger partial charge in [-0.15, -0.1) is 0 Å². The summed E-state index contributed by atoms with van der Waals surface area (Å²) in [4.78, 5) is 12.3. The Hall–Kier alpha value is -2.34. The third-order valence-corrected chi connectivity index (χ3v) is 3.42. The summed E-state index contributed by atoms with van der Waals surface area (Å²) in [7, 11) is 0. The molecule has 0 unspecified atom stereocenters. The van der Waals surface area contributed by atoms with Crippen LogP contribution < -0.4 is 10.6 Å². The molecule has 0 aliphatic carbocycles. The van der Waals surface area contributed by atoms with Crippen LogP contribution in [0, 0.1) is 6.92 Å². The van der Waals surface area contributed by atoms with Crippen molar-refractivity contribution in [3.8, 4) is 5.75 Å². The second kappa shape index (κ2) is 4.97. The molecule has 6 nitrogen and oxygen atoms in total. The molecule has 1 aromatic heterocycles. The smallest absolute Gasteiger partial charge is 0.276 e. The monoisotopic (exact) mass is 272 g/mol. The summed E-state index contributed by atoms with van der Waals surface area (Å²) in [6.07, 6.45) is 0.839. The van der Waals surface area contributed by atoms with Gasteiger partial charge in [0.05, 0.1) is 5.69 Å². The first-order chi connectivity index (χ1) is 9.65. The Kier molecular flexibility index (Phi) is 3.15. The lowest BCUT2D eigenvalue weighted by atomic mass is 10.1. The Morgan fingerprint density at radius 3 is 3.15 bits per heavy atom. The topological polar surface area (TPSA) is 90.0 Å². The zero-order chi connectivity index (χ0) is 14.1. The van der Waals surface area contributed by atoms with Gasteiger partial charge in [-0.3, -0.25) is 9.89 Å². The standard InChI is InChI=1S/C14H16N4O2/c1-8-2-3-12(19)11(6-8)16-14(20)13-9-7-15-5-4-10(9)17-18-13/h2-3,6,15,19H,4-5,7H2,1H3,(H,16,20)(H,17,18). The number of nitrogens with zero attached hydrogens (tertiary/aromatic N) is 1. The first kappa shape index (κ1) is 12.7. The first-order valence-corrected chi connectivity index (χ1v) is 6.53. The second-order valence-corrected chi connectivity index (χ2v) is 4.93. The van der Waals surface area contributed by atoms with E-state index in [1.54, 1.807) is 18.2 Å². The number of aromatic nitrogens is 2. The molecule has 1 aliphatic rings. The highest BCUT2D eigenvalue weighted by Crippen LogP contribution is 2.25. The molecule has 0 saturated heterocycles. The molecule has 0 radical (unpaired) electrons. The van der Waals surface area contributed by atoms with E-state index in [1.807, 2.05) is 6.92 Å². The highest BCUT2D eigenvalue weighted by molar-refractivity contribution is 6.04. The predicted molar refractivity (Wildman–Crippen MR) is 74.8 cm³/mol. The molecule has 0 fully saturated rings. The number of anilines is 1. The summed E-state index contributed by atoms with van der Waals surface area (Å²) < 4.78 is 0. The molecule has 0 bridgehead atoms. The van der Waals surface area contributed by atoms with Crippen molar-refractivity contribution in [2.75, 3.05) is 11.9 Å². The fraction of sp³-hybridized carbons (Fsp3) is 0.286. The number of hydrogen-bond acceptors (Lipinski definition) is 4. The Morgan fingerprint density at radius 1 is 1.45 bits per heavy atom. The molecule has 20 heavy (non-hydrogen) atoms. The summed E-state index contributed by atoms with van der Waals surface area (Å²) >= 11 is 0. The molecule has 0 saturated carbocycles. The van der Waals surface area contributed by atoms with Crippen molar-refractivity contribution in [3.63, 3.8) is 0 Å². The number of carbonyl (C=O) groups is 1. The number of aromatic amines is 1. The van der Waals surface area contributed by atoms with Crippen molar-refractivity contribution in [1.82, 2.24) is 15.5 Å². The van der Waals surface area contributed by atoms with Crippen molar-refractivity contribution >= 4 is 11.6 Å². The van der Waals surface area contributed by atoms with Crippen LogP contribution >= 0.6 is 0 Å². The largest absolute Gasteiger partial charge is 0.506 e. The molecule has 3 rings (SSSR count). The van der Waals surface area contributed by atoms with Gasteiger partial charge < -0.3 is 15.7 Å². The minimum atomic E-state index is -0.313. The van der Waals surface area contributed by atoms with E-state index in [4.69, 9.17) is 0 Å². The summed E-state index contributed by atoms with van der Waals surface area (Å²) in [5, 5.41) is 22.7. The van der Waals surface area contributed by atoms with Crippen LogP contribution in [0.2, 0.25) is 0 Å². The van der Waals surface area contributed by atoms with Crippen LogP contribution in [0.3, 0.4) is 0 Å². The Morgan fingerprint density at radius 2 is 2.30 bits per heavy atom. The Labute approximate surface area is 116 Å². The van der Waals surface area contributed by atoms with Crippen molar-refractivity contribution in [3.05, 3.63) is 40.7 Å². The van der Waals surface area contributed by atoms with E-state index in [9.17, 15) is 9.90 Å². The van der Waals surface area contributed by atoms with Crippen LogP contribution in [-0.4, -0.2) is 27.8 Å². The minimum Gasteiger partial charge on any atom is -0.506 e. The summed E-state index contributed by atoms with van der Waals surface area (Å²) in [6, 6.07) is 5.07. The number of rotatable bonds is 2. The van der Waals surface area contributed by atoms with E-state index in [1.165, 1.54) is 0 Å². The predicted octanol–water partition coefficient (Wildman–Crippen LogP) is 1.32. The van der Waals surface area contributed by atoms with Gasteiger partial charge in [-0.2, -0.15) is 5.10 Å². The van der Waals surface area contributed by atoms with Gasteiger partial charge in [0.15, 0.2) is 5.69 Å². The van der Waals surface area contributed by atoms with Gasteiger partial charge in [-0.25, -0.2) is 0 Å². The van der Waals surface area contributed by atoms with E-state index < -0.39 is 0 Å². The quantitative estimate of drug-likeness (QED) is 0.621. The molecule has 6 heteroatoms. The van der Waals surface area contributed by atoms with Gasteiger partial charge in [0, 0.05) is 30.8 Å². The molecule has 0 spiro atoms. The molecular formula is C14H16N4O2. The third kappa shape index (κ3) is 2.25. The number of aromatic hydroxyl groups is 1. The van der Waals surface area contributed by atoms with E-state index in [0.29, 0.717) is 17.9 Å². The fourth-order valence-electron chi connectivity index (χ4n) is 2.34. The number of nitrogens with one attached hydrogen (secondary N) is 3. The van der Waals surface area contributed by atoms with Gasteiger partial charge in [-0.1, -0.05) is 6.07 Å². The van der Waals surface area contributed by atoms with Gasteiger partial charge >= 0.3 is 0 Å². The van der Waals surface area contributed by atoms with Crippen LogP contribution in [-0.2, 0) is 13.0 Å². The zero-order valence-corrected chi connectivity index (χ0v) is 11.2. The van der Waals surface area contributed by atoms with E-state index >= 15 is 0 Å². The zero-order valence-electron chi connectivity index (χ0n) is 11.2. The maximum Gasteiger partial charge on any atom is 0.276 e. The Bertz CT molecular complexity index is 663. The van der Waals surface area contributed by atoms with Crippen molar-refractivity contribution < 1.29 is 9.90 Å². The normalized spacial score (nSPS) is 13.8. The summed E-state index contributed by atoms with van der Waals surface area (Å²) in [5.41, 5.74) is 3.65. The highest BCUT2D eigenvalue weighted by Gasteiger charge is 2.22. The van der Waals surface area contributed by atoms with E-state index in [0.717, 1.165) is 29.8 Å². The number of benzene rings is 1. The maximum atomic E-state index is 12.3. The number of hydrogen-bond donors (Lipinski definition) is 4. The molecule has 104 valence electrons. The summed E-state index contributed by atoms with van der Waals surface area (Å²) in [5.74, 6) is -0.265. The van der Waals surface area contributed by atoms with Crippen LogP contribution in [0.25, 0.3) is 0 Å². The van der Waals surface area contributed by atoms with Crippen molar-refractivity contribution in [2.45, 2.75) is 19.9 Å². The van der Waals surface area contributed by atoms with Gasteiger partial charge in [0.1, 0.15) is 5.75 Å². The lowest BCUT2D eigenvalue weighted by molar-refractivity contribution is 0.102. The maximum absolute atomic E-state index is 12.3. The Balaban J connectivity index is 1.86. The number of H-pyrrole nitrogens is 1. The molecule has 2 aromatic rings.